The van der Waals surface area contributed by atoms with Gasteiger partial charge in [0.25, 0.3) is 0 Å². The third-order valence-corrected chi connectivity index (χ3v) is 2.48. The van der Waals surface area contributed by atoms with Crippen LogP contribution in [0.4, 0.5) is 4.79 Å². The summed E-state index contributed by atoms with van der Waals surface area (Å²) < 4.78 is 7.17. The fourth-order valence-corrected chi connectivity index (χ4v) is 1.64. The largest absolute Gasteiger partial charge is 0.444 e. The van der Waals surface area contributed by atoms with Crippen molar-refractivity contribution in [3.63, 3.8) is 0 Å². The molecule has 0 aliphatic rings. The summed E-state index contributed by atoms with van der Waals surface area (Å²) >= 11 is 0. The van der Waals surface area contributed by atoms with Crippen molar-refractivity contribution in [3.05, 3.63) is 18.2 Å². The van der Waals surface area contributed by atoms with Crippen molar-refractivity contribution in [2.24, 2.45) is 13.0 Å². The Hall–Kier alpha value is -1.52. The lowest BCUT2D eigenvalue weighted by Gasteiger charge is -2.25. The van der Waals surface area contributed by atoms with Gasteiger partial charge in [-0.05, 0) is 26.7 Å². The third-order valence-electron chi connectivity index (χ3n) is 2.48. The fraction of sp³-hybridized carbons (Fsp3) is 0.692. The average molecular weight is 253 g/mol. The molecule has 0 fully saturated rings. The number of imidazole rings is 1. The lowest BCUT2D eigenvalue weighted by molar-refractivity contribution is 0.0485. The highest BCUT2D eigenvalue weighted by atomic mass is 16.6. The second kappa shape index (κ2) is 5.42. The van der Waals surface area contributed by atoms with Gasteiger partial charge in [0.1, 0.15) is 11.4 Å². The first kappa shape index (κ1) is 14.5. The summed E-state index contributed by atoms with van der Waals surface area (Å²) in [5, 5.41) is 2.87. The molecular formula is C13H23N3O2. The first-order chi connectivity index (χ1) is 8.20. The highest BCUT2D eigenvalue weighted by Crippen LogP contribution is 2.20. The van der Waals surface area contributed by atoms with Crippen molar-refractivity contribution in [2.45, 2.75) is 46.3 Å². The van der Waals surface area contributed by atoms with E-state index in [1.54, 1.807) is 6.20 Å². The van der Waals surface area contributed by atoms with Gasteiger partial charge < -0.3 is 14.6 Å². The molecule has 1 amide bonds. The van der Waals surface area contributed by atoms with Gasteiger partial charge in [-0.15, -0.1) is 0 Å². The van der Waals surface area contributed by atoms with Gasteiger partial charge in [-0.3, -0.25) is 0 Å². The topological polar surface area (TPSA) is 56.1 Å². The van der Waals surface area contributed by atoms with Crippen molar-refractivity contribution in [3.8, 4) is 0 Å². The highest BCUT2D eigenvalue weighted by molar-refractivity contribution is 5.68. The number of ether oxygens (including phenoxy) is 1. The molecule has 1 N–H and O–H groups in total. The van der Waals surface area contributed by atoms with Gasteiger partial charge in [0.15, 0.2) is 0 Å². The lowest BCUT2D eigenvalue weighted by Crippen LogP contribution is -2.37. The van der Waals surface area contributed by atoms with Crippen LogP contribution in [0.2, 0.25) is 0 Å². The number of rotatable bonds is 3. The molecule has 102 valence electrons. The van der Waals surface area contributed by atoms with E-state index >= 15 is 0 Å². The van der Waals surface area contributed by atoms with E-state index in [1.165, 1.54) is 0 Å². The summed E-state index contributed by atoms with van der Waals surface area (Å²) in [6.07, 6.45) is 3.17. The van der Waals surface area contributed by atoms with Crippen LogP contribution in [-0.2, 0) is 11.8 Å². The minimum Gasteiger partial charge on any atom is -0.444 e. The number of carbonyl (C=O) groups excluding carboxylic acids is 1. The van der Waals surface area contributed by atoms with Crippen LogP contribution < -0.4 is 5.32 Å². The summed E-state index contributed by atoms with van der Waals surface area (Å²) in [7, 11) is 1.91. The smallest absolute Gasteiger partial charge is 0.408 e. The predicted octanol–water partition coefficient (Wildman–Crippen LogP) is 2.64. The number of alkyl carbamates (subject to hydrolysis) is 1. The first-order valence-electron chi connectivity index (χ1n) is 6.17. The van der Waals surface area contributed by atoms with Crippen LogP contribution in [0, 0.1) is 5.92 Å². The van der Waals surface area contributed by atoms with Crippen LogP contribution in [0.25, 0.3) is 0 Å². The van der Waals surface area contributed by atoms with Gasteiger partial charge in [0, 0.05) is 19.4 Å². The summed E-state index contributed by atoms with van der Waals surface area (Å²) in [5.74, 6) is 1.06. The molecule has 1 heterocycles. The summed E-state index contributed by atoms with van der Waals surface area (Å²) in [6.45, 7) is 9.61. The summed E-state index contributed by atoms with van der Waals surface area (Å²) in [5.41, 5.74) is -0.493. The van der Waals surface area contributed by atoms with E-state index < -0.39 is 11.7 Å². The number of aromatic nitrogens is 2. The van der Waals surface area contributed by atoms with Crippen molar-refractivity contribution in [1.82, 2.24) is 14.9 Å². The molecule has 1 rings (SSSR count). The quantitative estimate of drug-likeness (QED) is 0.901. The molecule has 1 aromatic heterocycles. The van der Waals surface area contributed by atoms with Crippen molar-refractivity contribution < 1.29 is 9.53 Å². The number of aryl methyl sites for hydroxylation is 1. The number of hydrogen-bond acceptors (Lipinski definition) is 3. The first-order valence-corrected chi connectivity index (χ1v) is 6.17. The van der Waals surface area contributed by atoms with E-state index in [2.05, 4.69) is 10.3 Å². The van der Waals surface area contributed by atoms with Crippen molar-refractivity contribution >= 4 is 6.09 Å². The predicted molar refractivity (Wildman–Crippen MR) is 70.2 cm³/mol. The average Bonchev–Trinajstić information content (AvgIpc) is 2.57. The Labute approximate surface area is 109 Å². The molecule has 0 bridgehead atoms. The zero-order valence-electron chi connectivity index (χ0n) is 12.0. The zero-order valence-corrected chi connectivity index (χ0v) is 12.0. The van der Waals surface area contributed by atoms with Gasteiger partial charge in [0.2, 0.25) is 0 Å². The van der Waals surface area contributed by atoms with Gasteiger partial charge >= 0.3 is 6.09 Å². The van der Waals surface area contributed by atoms with Crippen LogP contribution in [0.3, 0.4) is 0 Å². The van der Waals surface area contributed by atoms with E-state index in [0.29, 0.717) is 0 Å². The molecule has 0 aliphatic heterocycles. The molecule has 0 unspecified atom stereocenters. The maximum Gasteiger partial charge on any atom is 0.408 e. The molecule has 0 radical (unpaired) electrons. The molecule has 18 heavy (non-hydrogen) atoms. The Bertz CT molecular complexity index is 405. The number of hydrogen-bond donors (Lipinski definition) is 1. The molecule has 5 nitrogen and oxygen atoms in total. The normalized spacial score (nSPS) is 13.5. The summed E-state index contributed by atoms with van der Waals surface area (Å²) in [4.78, 5) is 16.1. The third kappa shape index (κ3) is 4.05. The molecule has 0 aromatic carbocycles. The second-order valence-electron chi connectivity index (χ2n) is 5.76. The molecule has 1 atom stereocenters. The maximum atomic E-state index is 11.8. The lowest BCUT2D eigenvalue weighted by atomic mass is 10.0. The van der Waals surface area contributed by atoms with E-state index in [4.69, 9.17) is 4.74 Å². The van der Waals surface area contributed by atoms with Crippen LogP contribution in [-0.4, -0.2) is 21.2 Å². The summed E-state index contributed by atoms with van der Waals surface area (Å²) in [6, 6.07) is -0.153. The minimum atomic E-state index is -0.493. The zero-order chi connectivity index (χ0) is 13.9. The molecular weight excluding hydrogens is 230 g/mol. The van der Waals surface area contributed by atoms with E-state index in [1.807, 2.05) is 52.4 Å². The van der Waals surface area contributed by atoms with Gasteiger partial charge in [-0.1, -0.05) is 13.8 Å². The van der Waals surface area contributed by atoms with Gasteiger partial charge in [-0.2, -0.15) is 0 Å². The Balaban J connectivity index is 2.77. The molecule has 0 spiro atoms. The Morgan fingerprint density at radius 2 is 2.06 bits per heavy atom. The monoisotopic (exact) mass is 253 g/mol. The number of carbonyl (C=O) groups is 1. The van der Waals surface area contributed by atoms with Crippen LogP contribution >= 0.6 is 0 Å². The van der Waals surface area contributed by atoms with Gasteiger partial charge in [-0.25, -0.2) is 9.78 Å². The minimum absolute atomic E-state index is 0.153. The fourth-order valence-electron chi connectivity index (χ4n) is 1.64. The van der Waals surface area contributed by atoms with Gasteiger partial charge in [0.05, 0.1) is 6.04 Å². The number of amides is 1. The van der Waals surface area contributed by atoms with E-state index in [-0.39, 0.29) is 12.0 Å². The standard InChI is InChI=1S/C13H23N3O2/c1-9(2)10(11-14-7-8-16(11)6)15-12(17)18-13(3,4)5/h7-10H,1-6H3,(H,15,17)/t10-/m0/s1. The Morgan fingerprint density at radius 1 is 1.44 bits per heavy atom. The van der Waals surface area contributed by atoms with Crippen molar-refractivity contribution in [2.75, 3.05) is 0 Å². The van der Waals surface area contributed by atoms with Crippen LogP contribution in [0.15, 0.2) is 12.4 Å². The SMILES string of the molecule is CC(C)[C@H](NC(=O)OC(C)(C)C)c1nccn1C. The Kier molecular flexibility index (Phi) is 4.38. The number of nitrogens with zero attached hydrogens (tertiary/aromatic N) is 2. The van der Waals surface area contributed by atoms with E-state index in [0.717, 1.165) is 5.82 Å². The maximum absolute atomic E-state index is 11.8. The van der Waals surface area contributed by atoms with Crippen molar-refractivity contribution in [1.29, 1.82) is 0 Å². The molecule has 1 aromatic rings. The van der Waals surface area contributed by atoms with E-state index in [9.17, 15) is 4.79 Å². The second-order valence-corrected chi connectivity index (χ2v) is 5.76. The van der Waals surface area contributed by atoms with Crippen LogP contribution in [0.1, 0.15) is 46.5 Å². The molecule has 0 saturated carbocycles. The molecule has 0 saturated heterocycles. The molecule has 0 aliphatic carbocycles. The van der Waals surface area contributed by atoms with Crippen LogP contribution in [0.5, 0.6) is 0 Å². The number of nitrogens with one attached hydrogen (secondary N) is 1. The Morgan fingerprint density at radius 3 is 2.44 bits per heavy atom. The molecule has 5 heteroatoms. The highest BCUT2D eigenvalue weighted by Gasteiger charge is 2.24.